The number of rotatable bonds is 4. The minimum Gasteiger partial charge on any atom is -0.307 e. The van der Waals surface area contributed by atoms with Crippen molar-refractivity contribution in [3.8, 4) is 0 Å². The van der Waals surface area contributed by atoms with Gasteiger partial charge in [0.15, 0.2) is 0 Å². The van der Waals surface area contributed by atoms with Gasteiger partial charge in [-0.2, -0.15) is 0 Å². The molecule has 1 aromatic carbocycles. The minimum absolute atomic E-state index is 0.448. The smallest absolute Gasteiger partial charge is 0.0294 e. The maximum Gasteiger partial charge on any atom is 0.0294 e. The molecule has 1 N–H and O–H groups in total. The highest BCUT2D eigenvalue weighted by Gasteiger charge is 2.28. The standard InChI is InChI=1S/C17H27NS/c1-12-6-5-7-13(2)17(12)18-14(3)15-8-10-16(19-4)11-9-15/h8-14,17-18H,5-7H2,1-4H3. The molecule has 0 aliphatic heterocycles. The molecular weight excluding hydrogens is 250 g/mol. The molecule has 1 saturated carbocycles. The van der Waals surface area contributed by atoms with Crippen LogP contribution in [-0.4, -0.2) is 12.3 Å². The van der Waals surface area contributed by atoms with E-state index >= 15 is 0 Å². The summed E-state index contributed by atoms with van der Waals surface area (Å²) < 4.78 is 0. The summed E-state index contributed by atoms with van der Waals surface area (Å²) in [6.45, 7) is 7.09. The van der Waals surface area contributed by atoms with Crippen LogP contribution in [0.5, 0.6) is 0 Å². The molecule has 106 valence electrons. The van der Waals surface area contributed by atoms with Crippen LogP contribution in [0.15, 0.2) is 29.2 Å². The second-order valence-electron chi connectivity index (χ2n) is 6.07. The van der Waals surface area contributed by atoms with Gasteiger partial charge in [0.2, 0.25) is 0 Å². The Bertz CT molecular complexity index is 377. The predicted molar refractivity (Wildman–Crippen MR) is 85.7 cm³/mol. The average molecular weight is 277 g/mol. The minimum atomic E-state index is 0.448. The molecule has 1 aromatic rings. The molecule has 1 aliphatic carbocycles. The van der Waals surface area contributed by atoms with Crippen molar-refractivity contribution in [1.82, 2.24) is 5.32 Å². The van der Waals surface area contributed by atoms with Crippen molar-refractivity contribution < 1.29 is 0 Å². The third-order valence-electron chi connectivity index (χ3n) is 4.60. The van der Waals surface area contributed by atoms with Gasteiger partial charge >= 0.3 is 0 Å². The Morgan fingerprint density at radius 2 is 1.68 bits per heavy atom. The molecule has 0 heterocycles. The largest absolute Gasteiger partial charge is 0.307 e. The summed E-state index contributed by atoms with van der Waals surface area (Å²) in [5.74, 6) is 1.60. The Labute approximate surface area is 122 Å². The van der Waals surface area contributed by atoms with E-state index in [0.717, 1.165) is 11.8 Å². The summed E-state index contributed by atoms with van der Waals surface area (Å²) in [6.07, 6.45) is 6.28. The summed E-state index contributed by atoms with van der Waals surface area (Å²) in [6, 6.07) is 10.1. The molecule has 0 amide bonds. The topological polar surface area (TPSA) is 12.0 Å². The molecule has 19 heavy (non-hydrogen) atoms. The van der Waals surface area contributed by atoms with Gasteiger partial charge in [0.05, 0.1) is 0 Å². The van der Waals surface area contributed by atoms with Gasteiger partial charge in [0.1, 0.15) is 0 Å². The van der Waals surface area contributed by atoms with Gasteiger partial charge in [-0.05, 0) is 55.6 Å². The van der Waals surface area contributed by atoms with Gasteiger partial charge in [0.25, 0.3) is 0 Å². The fourth-order valence-corrected chi connectivity index (χ4v) is 3.70. The third kappa shape index (κ3) is 3.76. The lowest BCUT2D eigenvalue weighted by Gasteiger charge is -2.37. The van der Waals surface area contributed by atoms with E-state index in [1.165, 1.54) is 29.7 Å². The van der Waals surface area contributed by atoms with Gasteiger partial charge in [0, 0.05) is 17.0 Å². The first-order chi connectivity index (χ1) is 9.11. The summed E-state index contributed by atoms with van der Waals surface area (Å²) in [4.78, 5) is 1.34. The van der Waals surface area contributed by atoms with Gasteiger partial charge in [-0.15, -0.1) is 11.8 Å². The summed E-state index contributed by atoms with van der Waals surface area (Å²) in [5.41, 5.74) is 1.41. The van der Waals surface area contributed by atoms with Crippen LogP contribution in [0.3, 0.4) is 0 Å². The van der Waals surface area contributed by atoms with Crippen molar-refractivity contribution in [2.45, 2.75) is 57.0 Å². The summed E-state index contributed by atoms with van der Waals surface area (Å²) >= 11 is 1.81. The Balaban J connectivity index is 2.00. The molecule has 1 aliphatic rings. The first-order valence-electron chi connectivity index (χ1n) is 7.51. The third-order valence-corrected chi connectivity index (χ3v) is 5.35. The fraction of sp³-hybridized carbons (Fsp3) is 0.647. The van der Waals surface area contributed by atoms with Crippen molar-refractivity contribution in [3.63, 3.8) is 0 Å². The zero-order valence-electron chi connectivity index (χ0n) is 12.6. The lowest BCUT2D eigenvalue weighted by atomic mass is 9.78. The molecule has 0 radical (unpaired) electrons. The van der Waals surface area contributed by atoms with Crippen LogP contribution in [0, 0.1) is 11.8 Å². The van der Waals surface area contributed by atoms with Crippen LogP contribution in [0.1, 0.15) is 51.6 Å². The van der Waals surface area contributed by atoms with Gasteiger partial charge in [-0.25, -0.2) is 0 Å². The lowest BCUT2D eigenvalue weighted by Crippen LogP contribution is -2.43. The number of hydrogen-bond donors (Lipinski definition) is 1. The lowest BCUT2D eigenvalue weighted by molar-refractivity contribution is 0.196. The van der Waals surface area contributed by atoms with Crippen LogP contribution < -0.4 is 5.32 Å². The molecule has 3 unspecified atom stereocenters. The number of thioether (sulfide) groups is 1. The average Bonchev–Trinajstić information content (AvgIpc) is 2.43. The van der Waals surface area contributed by atoms with Gasteiger partial charge < -0.3 is 5.32 Å². The summed E-state index contributed by atoms with van der Waals surface area (Å²) in [7, 11) is 0. The molecule has 2 rings (SSSR count). The first kappa shape index (κ1) is 14.9. The normalized spacial score (nSPS) is 29.2. The second-order valence-corrected chi connectivity index (χ2v) is 6.95. The van der Waals surface area contributed by atoms with Crippen molar-refractivity contribution in [2.24, 2.45) is 11.8 Å². The van der Waals surface area contributed by atoms with E-state index in [4.69, 9.17) is 0 Å². The van der Waals surface area contributed by atoms with E-state index in [2.05, 4.69) is 56.6 Å². The molecule has 0 spiro atoms. The molecule has 3 atom stereocenters. The molecule has 1 nitrogen and oxygen atoms in total. The van der Waals surface area contributed by atoms with E-state index in [1.807, 2.05) is 0 Å². The van der Waals surface area contributed by atoms with E-state index in [9.17, 15) is 0 Å². The van der Waals surface area contributed by atoms with Crippen molar-refractivity contribution >= 4 is 11.8 Å². The van der Waals surface area contributed by atoms with Crippen LogP contribution in [-0.2, 0) is 0 Å². The van der Waals surface area contributed by atoms with E-state index in [1.54, 1.807) is 11.8 Å². The zero-order valence-corrected chi connectivity index (χ0v) is 13.5. The number of nitrogens with one attached hydrogen (secondary N) is 1. The molecule has 1 fully saturated rings. The van der Waals surface area contributed by atoms with E-state index in [-0.39, 0.29) is 0 Å². The van der Waals surface area contributed by atoms with Crippen molar-refractivity contribution in [1.29, 1.82) is 0 Å². The monoisotopic (exact) mass is 277 g/mol. The Morgan fingerprint density at radius 3 is 2.21 bits per heavy atom. The zero-order chi connectivity index (χ0) is 13.8. The highest BCUT2D eigenvalue weighted by atomic mass is 32.2. The fourth-order valence-electron chi connectivity index (χ4n) is 3.29. The van der Waals surface area contributed by atoms with Crippen LogP contribution in [0.2, 0.25) is 0 Å². The van der Waals surface area contributed by atoms with Crippen LogP contribution in [0.25, 0.3) is 0 Å². The van der Waals surface area contributed by atoms with E-state index < -0.39 is 0 Å². The molecular formula is C17H27NS. The SMILES string of the molecule is CSc1ccc(C(C)NC2C(C)CCCC2C)cc1. The highest BCUT2D eigenvalue weighted by Crippen LogP contribution is 2.30. The molecule has 0 bridgehead atoms. The first-order valence-corrected chi connectivity index (χ1v) is 8.74. The van der Waals surface area contributed by atoms with Crippen molar-refractivity contribution in [3.05, 3.63) is 29.8 Å². The highest BCUT2D eigenvalue weighted by molar-refractivity contribution is 7.98. The van der Waals surface area contributed by atoms with Crippen LogP contribution in [0.4, 0.5) is 0 Å². The Hall–Kier alpha value is -0.470. The molecule has 0 saturated heterocycles. The van der Waals surface area contributed by atoms with Crippen LogP contribution >= 0.6 is 11.8 Å². The maximum atomic E-state index is 3.87. The maximum absolute atomic E-state index is 3.87. The quantitative estimate of drug-likeness (QED) is 0.787. The second kappa shape index (κ2) is 6.81. The number of hydrogen-bond acceptors (Lipinski definition) is 2. The molecule has 0 aromatic heterocycles. The Kier molecular flexibility index (Phi) is 5.35. The van der Waals surface area contributed by atoms with Gasteiger partial charge in [-0.1, -0.05) is 32.4 Å². The van der Waals surface area contributed by atoms with E-state index in [0.29, 0.717) is 12.1 Å². The summed E-state index contributed by atoms with van der Waals surface area (Å²) in [5, 5.41) is 3.87. The molecule has 2 heteroatoms. The predicted octanol–water partition coefficient (Wildman–Crippen LogP) is 4.88. The Morgan fingerprint density at radius 1 is 1.11 bits per heavy atom. The number of benzene rings is 1. The van der Waals surface area contributed by atoms with Gasteiger partial charge in [-0.3, -0.25) is 0 Å². The van der Waals surface area contributed by atoms with Crippen molar-refractivity contribution in [2.75, 3.05) is 6.26 Å².